The highest BCUT2D eigenvalue weighted by atomic mass is 32.2. The van der Waals surface area contributed by atoms with E-state index in [-0.39, 0.29) is 29.4 Å². The molecule has 7 heteroatoms. The maximum absolute atomic E-state index is 12.0. The van der Waals surface area contributed by atoms with E-state index in [4.69, 9.17) is 4.55 Å². The van der Waals surface area contributed by atoms with E-state index in [0.717, 1.165) is 6.08 Å². The summed E-state index contributed by atoms with van der Waals surface area (Å²) in [5, 5.41) is 2.55. The van der Waals surface area contributed by atoms with Crippen LogP contribution in [0.5, 0.6) is 0 Å². The van der Waals surface area contributed by atoms with Crippen LogP contribution in [-0.2, 0) is 10.1 Å². The minimum absolute atomic E-state index is 0.0346. The molecule has 0 bridgehead atoms. The van der Waals surface area contributed by atoms with E-state index < -0.39 is 15.9 Å². The lowest BCUT2D eigenvalue weighted by molar-refractivity contribution is 0.0978. The van der Waals surface area contributed by atoms with E-state index in [1.807, 2.05) is 0 Å². The number of carbonyl (C=O) groups is 2. The second-order valence-corrected chi connectivity index (χ2v) is 5.58. The molecule has 0 aliphatic heterocycles. The Morgan fingerprint density at radius 3 is 2.37 bits per heavy atom. The average Bonchev–Trinajstić information content (AvgIpc) is 2.34. The lowest BCUT2D eigenvalue weighted by atomic mass is 9.93. The highest BCUT2D eigenvalue weighted by Crippen LogP contribution is 2.19. The third-order valence-electron chi connectivity index (χ3n) is 2.63. The average molecular weight is 281 g/mol. The Kier molecular flexibility index (Phi) is 3.50. The van der Waals surface area contributed by atoms with Gasteiger partial charge >= 0.3 is 0 Å². The number of hydrogen-bond acceptors (Lipinski definition) is 5. The zero-order valence-corrected chi connectivity index (χ0v) is 10.6. The Morgan fingerprint density at radius 2 is 1.74 bits per heavy atom. The molecule has 2 rings (SSSR count). The molecule has 0 atom stereocenters. The molecule has 0 spiro atoms. The molecule has 1 aliphatic rings. The molecule has 100 valence electrons. The van der Waals surface area contributed by atoms with Crippen molar-refractivity contribution in [2.75, 3.05) is 12.3 Å². The second kappa shape index (κ2) is 4.94. The Hall–Kier alpha value is -1.99. The number of Topliss-reactive ketones (excluding diaryl/α,β-unsaturated/α-hetero) is 1. The van der Waals surface area contributed by atoms with Crippen molar-refractivity contribution in [3.8, 4) is 0 Å². The lowest BCUT2D eigenvalue weighted by Gasteiger charge is -2.15. The summed E-state index contributed by atoms with van der Waals surface area (Å²) in [6.07, 6.45) is 1.13. The smallest absolute Gasteiger partial charge is 0.266 e. The largest absolute Gasteiger partial charge is 0.381 e. The first-order valence-electron chi connectivity index (χ1n) is 5.47. The van der Waals surface area contributed by atoms with Crippen LogP contribution in [0.4, 0.5) is 0 Å². The summed E-state index contributed by atoms with van der Waals surface area (Å²) in [5.41, 5.74) is 0.643. The van der Waals surface area contributed by atoms with Crippen LogP contribution in [0.25, 0.3) is 0 Å². The number of fused-ring (bicyclic) bond motifs is 1. The first kappa shape index (κ1) is 13.4. The number of ketones is 2. The fourth-order valence-corrected chi connectivity index (χ4v) is 2.12. The molecule has 0 amide bonds. The summed E-state index contributed by atoms with van der Waals surface area (Å²) in [4.78, 5) is 23.8. The van der Waals surface area contributed by atoms with Gasteiger partial charge in [0, 0.05) is 23.7 Å². The summed E-state index contributed by atoms with van der Waals surface area (Å²) in [6, 6.07) is 6.40. The van der Waals surface area contributed by atoms with Crippen LogP contribution < -0.4 is 5.32 Å². The Bertz CT molecular complexity index is 675. The molecule has 0 saturated carbocycles. The Morgan fingerprint density at radius 1 is 1.11 bits per heavy atom. The zero-order chi connectivity index (χ0) is 14.0. The van der Waals surface area contributed by atoms with Crippen LogP contribution in [0.3, 0.4) is 0 Å². The molecule has 0 aromatic heterocycles. The third-order valence-corrected chi connectivity index (χ3v) is 3.35. The van der Waals surface area contributed by atoms with Crippen LogP contribution in [-0.4, -0.2) is 36.8 Å². The molecule has 6 nitrogen and oxygen atoms in total. The summed E-state index contributed by atoms with van der Waals surface area (Å²) in [5.74, 6) is -1.22. The summed E-state index contributed by atoms with van der Waals surface area (Å²) in [7, 11) is -4.10. The minimum atomic E-state index is -4.10. The Labute approximate surface area is 109 Å². The number of nitrogens with one attached hydrogen (secondary N) is 1. The number of hydrogen-bond donors (Lipinski definition) is 2. The van der Waals surface area contributed by atoms with Gasteiger partial charge in [0.05, 0.1) is 11.4 Å². The van der Waals surface area contributed by atoms with E-state index in [2.05, 4.69) is 5.32 Å². The quantitative estimate of drug-likeness (QED) is 0.776. The van der Waals surface area contributed by atoms with Crippen LogP contribution >= 0.6 is 0 Å². The van der Waals surface area contributed by atoms with Gasteiger partial charge in [-0.25, -0.2) is 0 Å². The van der Waals surface area contributed by atoms with Crippen molar-refractivity contribution in [1.29, 1.82) is 0 Å². The fraction of sp³-hybridized carbons (Fsp3) is 0.167. The highest BCUT2D eigenvalue weighted by Gasteiger charge is 2.24. The van der Waals surface area contributed by atoms with Crippen molar-refractivity contribution in [2.24, 2.45) is 0 Å². The molecular weight excluding hydrogens is 270 g/mol. The lowest BCUT2D eigenvalue weighted by Crippen LogP contribution is -2.30. The zero-order valence-electron chi connectivity index (χ0n) is 9.79. The van der Waals surface area contributed by atoms with E-state index in [1.165, 1.54) is 6.07 Å². The first-order valence-corrected chi connectivity index (χ1v) is 7.08. The molecule has 1 aromatic rings. The summed E-state index contributed by atoms with van der Waals surface area (Å²) >= 11 is 0. The Balaban J connectivity index is 2.17. The topological polar surface area (TPSA) is 101 Å². The van der Waals surface area contributed by atoms with Gasteiger partial charge in [-0.05, 0) is 0 Å². The molecule has 0 radical (unpaired) electrons. The van der Waals surface area contributed by atoms with E-state index in [9.17, 15) is 18.0 Å². The molecular formula is C12H11NO5S. The second-order valence-electron chi connectivity index (χ2n) is 4.01. The van der Waals surface area contributed by atoms with Gasteiger partial charge in [0.2, 0.25) is 5.78 Å². The SMILES string of the molecule is O=C1C=C(NCCS(=O)(=O)O)C(=O)c2ccccc21. The van der Waals surface area contributed by atoms with Gasteiger partial charge in [0.1, 0.15) is 0 Å². The highest BCUT2D eigenvalue weighted by molar-refractivity contribution is 7.85. The number of benzene rings is 1. The number of carbonyl (C=O) groups excluding carboxylic acids is 2. The van der Waals surface area contributed by atoms with Crippen molar-refractivity contribution in [3.05, 3.63) is 47.2 Å². The molecule has 19 heavy (non-hydrogen) atoms. The van der Waals surface area contributed by atoms with Crippen LogP contribution in [0.15, 0.2) is 36.0 Å². The number of rotatable bonds is 4. The van der Waals surface area contributed by atoms with Gasteiger partial charge in [-0.1, -0.05) is 24.3 Å². The van der Waals surface area contributed by atoms with Crippen molar-refractivity contribution in [2.45, 2.75) is 0 Å². The number of allylic oxidation sites excluding steroid dienone is 2. The summed E-state index contributed by atoms with van der Waals surface area (Å²) < 4.78 is 29.7. The predicted molar refractivity (Wildman–Crippen MR) is 67.6 cm³/mol. The fourth-order valence-electron chi connectivity index (χ4n) is 1.76. The van der Waals surface area contributed by atoms with Crippen molar-refractivity contribution in [1.82, 2.24) is 5.32 Å². The molecule has 0 heterocycles. The van der Waals surface area contributed by atoms with Gasteiger partial charge in [-0.2, -0.15) is 8.42 Å². The van der Waals surface area contributed by atoms with Crippen molar-refractivity contribution < 1.29 is 22.6 Å². The molecule has 2 N–H and O–H groups in total. The molecule has 0 saturated heterocycles. The van der Waals surface area contributed by atoms with Crippen LogP contribution in [0, 0.1) is 0 Å². The molecule has 1 aromatic carbocycles. The molecule has 0 fully saturated rings. The normalized spacial score (nSPS) is 14.9. The van der Waals surface area contributed by atoms with Gasteiger partial charge in [-0.3, -0.25) is 14.1 Å². The van der Waals surface area contributed by atoms with Crippen molar-refractivity contribution in [3.63, 3.8) is 0 Å². The van der Waals surface area contributed by atoms with Crippen LogP contribution in [0.1, 0.15) is 20.7 Å². The van der Waals surface area contributed by atoms with Gasteiger partial charge < -0.3 is 5.32 Å². The first-order chi connectivity index (χ1) is 8.88. The minimum Gasteiger partial charge on any atom is -0.381 e. The van der Waals surface area contributed by atoms with Crippen LogP contribution in [0.2, 0.25) is 0 Å². The standard InChI is InChI=1S/C12H11NO5S/c14-11-7-10(13-5-6-19(16,17)18)12(15)9-4-2-1-3-8(9)11/h1-4,7,13H,5-6H2,(H,16,17,18). The maximum Gasteiger partial charge on any atom is 0.266 e. The van der Waals surface area contributed by atoms with E-state index >= 15 is 0 Å². The van der Waals surface area contributed by atoms with E-state index in [0.29, 0.717) is 5.56 Å². The maximum atomic E-state index is 12.0. The monoisotopic (exact) mass is 281 g/mol. The van der Waals surface area contributed by atoms with Crippen molar-refractivity contribution >= 4 is 21.7 Å². The predicted octanol–water partition coefficient (Wildman–Crippen LogP) is 0.427. The molecule has 0 unspecified atom stereocenters. The molecule has 1 aliphatic carbocycles. The summed E-state index contributed by atoms with van der Waals surface area (Å²) in [6.45, 7) is -0.147. The third kappa shape index (κ3) is 3.07. The van der Waals surface area contributed by atoms with Gasteiger partial charge in [0.15, 0.2) is 5.78 Å². The van der Waals surface area contributed by atoms with Gasteiger partial charge in [-0.15, -0.1) is 0 Å². The van der Waals surface area contributed by atoms with E-state index in [1.54, 1.807) is 18.2 Å². The van der Waals surface area contributed by atoms with Gasteiger partial charge in [0.25, 0.3) is 10.1 Å².